The molecule has 0 bridgehead atoms. The molecule has 21 heavy (non-hydrogen) atoms. The van der Waals surface area contributed by atoms with Crippen LogP contribution in [0.2, 0.25) is 5.15 Å². The minimum absolute atomic E-state index is 0.464. The van der Waals surface area contributed by atoms with Crippen LogP contribution < -0.4 is 9.47 Å². The molecule has 0 aliphatic rings. The summed E-state index contributed by atoms with van der Waals surface area (Å²) in [6, 6.07) is 3.77. The number of nitrogens with zero attached hydrogens (tertiary/aromatic N) is 2. The molecule has 0 atom stereocenters. The van der Waals surface area contributed by atoms with Crippen LogP contribution in [0, 0.1) is 6.92 Å². The maximum absolute atomic E-state index is 6.21. The number of rotatable bonds is 4. The number of methoxy groups -OCH3 is 2. The Bertz CT molecular complexity index is 677. The van der Waals surface area contributed by atoms with E-state index >= 15 is 0 Å². The van der Waals surface area contributed by atoms with Crippen LogP contribution in [0.5, 0.6) is 11.5 Å². The lowest BCUT2D eigenvalue weighted by molar-refractivity contribution is 0.390. The lowest BCUT2D eigenvalue weighted by atomic mass is 10.1. The van der Waals surface area contributed by atoms with Crippen molar-refractivity contribution in [1.29, 1.82) is 0 Å². The standard InChI is InChI=1S/C15H16BrClN2O2/c1-5-11-18-13(8(2)15(17)19-11)9-6-7-10(20-3)12(16)14(9)21-4/h6-7H,5H2,1-4H3. The average Bonchev–Trinajstić information content (AvgIpc) is 2.49. The molecule has 2 aromatic rings. The number of aryl methyl sites for hydroxylation is 1. The second kappa shape index (κ2) is 6.62. The summed E-state index contributed by atoms with van der Waals surface area (Å²) in [6.45, 7) is 3.89. The van der Waals surface area contributed by atoms with E-state index in [1.165, 1.54) is 0 Å². The average molecular weight is 372 g/mol. The summed E-state index contributed by atoms with van der Waals surface area (Å²) in [5.41, 5.74) is 2.44. The normalized spacial score (nSPS) is 10.6. The monoisotopic (exact) mass is 370 g/mol. The van der Waals surface area contributed by atoms with E-state index in [1.807, 2.05) is 26.0 Å². The number of benzene rings is 1. The zero-order valence-electron chi connectivity index (χ0n) is 12.3. The number of hydrogen-bond acceptors (Lipinski definition) is 4. The van der Waals surface area contributed by atoms with Crippen LogP contribution in [-0.4, -0.2) is 24.2 Å². The molecule has 1 heterocycles. The highest BCUT2D eigenvalue weighted by molar-refractivity contribution is 9.10. The Hall–Kier alpha value is -1.33. The Labute approximate surface area is 137 Å². The number of hydrogen-bond donors (Lipinski definition) is 0. The first-order chi connectivity index (χ1) is 10.0. The van der Waals surface area contributed by atoms with Gasteiger partial charge in [0.2, 0.25) is 0 Å². The summed E-state index contributed by atoms with van der Waals surface area (Å²) in [6.07, 6.45) is 0.715. The summed E-state index contributed by atoms with van der Waals surface area (Å²) >= 11 is 9.72. The third kappa shape index (κ3) is 2.99. The predicted molar refractivity (Wildman–Crippen MR) is 87.4 cm³/mol. The quantitative estimate of drug-likeness (QED) is 0.745. The van der Waals surface area contributed by atoms with Crippen molar-refractivity contribution in [2.45, 2.75) is 20.3 Å². The molecular formula is C15H16BrClN2O2. The molecule has 0 aliphatic carbocycles. The second-order valence-corrected chi connectivity index (χ2v) is 5.57. The van der Waals surface area contributed by atoms with Gasteiger partial charge in [-0.25, -0.2) is 9.97 Å². The summed E-state index contributed by atoms with van der Waals surface area (Å²) in [5.74, 6) is 2.06. The highest BCUT2D eigenvalue weighted by atomic mass is 79.9. The van der Waals surface area contributed by atoms with Crippen molar-refractivity contribution in [3.63, 3.8) is 0 Å². The van der Waals surface area contributed by atoms with Crippen LogP contribution in [0.3, 0.4) is 0 Å². The van der Waals surface area contributed by atoms with Gasteiger partial charge >= 0.3 is 0 Å². The van der Waals surface area contributed by atoms with E-state index in [0.717, 1.165) is 21.3 Å². The summed E-state index contributed by atoms with van der Waals surface area (Å²) in [7, 11) is 3.23. The number of aromatic nitrogens is 2. The van der Waals surface area contributed by atoms with Crippen LogP contribution in [0.1, 0.15) is 18.3 Å². The summed E-state index contributed by atoms with van der Waals surface area (Å²) in [5, 5.41) is 0.464. The summed E-state index contributed by atoms with van der Waals surface area (Å²) in [4.78, 5) is 8.86. The third-order valence-electron chi connectivity index (χ3n) is 3.19. The number of ether oxygens (including phenoxy) is 2. The molecule has 0 unspecified atom stereocenters. The largest absolute Gasteiger partial charge is 0.495 e. The van der Waals surface area contributed by atoms with Gasteiger partial charge in [-0.15, -0.1) is 0 Å². The van der Waals surface area contributed by atoms with E-state index in [1.54, 1.807) is 14.2 Å². The molecular weight excluding hydrogens is 356 g/mol. The molecule has 0 aliphatic heterocycles. The van der Waals surface area contributed by atoms with Crippen LogP contribution in [0.4, 0.5) is 0 Å². The van der Waals surface area contributed by atoms with Crippen molar-refractivity contribution >= 4 is 27.5 Å². The maximum Gasteiger partial charge on any atom is 0.146 e. The molecule has 1 aromatic carbocycles. The van der Waals surface area contributed by atoms with Crippen molar-refractivity contribution in [3.8, 4) is 22.8 Å². The van der Waals surface area contributed by atoms with Gasteiger partial charge in [0, 0.05) is 17.5 Å². The minimum atomic E-state index is 0.464. The van der Waals surface area contributed by atoms with Gasteiger partial charge in [0.15, 0.2) is 0 Å². The smallest absolute Gasteiger partial charge is 0.146 e. The molecule has 0 saturated carbocycles. The second-order valence-electron chi connectivity index (χ2n) is 4.42. The number of halogens is 2. The van der Waals surface area contributed by atoms with E-state index < -0.39 is 0 Å². The van der Waals surface area contributed by atoms with E-state index in [0.29, 0.717) is 28.9 Å². The lowest BCUT2D eigenvalue weighted by Crippen LogP contribution is -2.01. The van der Waals surface area contributed by atoms with E-state index in [4.69, 9.17) is 21.1 Å². The van der Waals surface area contributed by atoms with Crippen molar-refractivity contribution in [1.82, 2.24) is 9.97 Å². The first-order valence-corrected chi connectivity index (χ1v) is 7.64. The Morgan fingerprint density at radius 1 is 1.19 bits per heavy atom. The van der Waals surface area contributed by atoms with Gasteiger partial charge in [0.25, 0.3) is 0 Å². The first kappa shape index (κ1) is 16.0. The maximum atomic E-state index is 6.21. The van der Waals surface area contributed by atoms with Crippen molar-refractivity contribution in [2.75, 3.05) is 14.2 Å². The molecule has 0 radical (unpaired) electrons. The van der Waals surface area contributed by atoms with Gasteiger partial charge in [-0.05, 0) is 35.0 Å². The minimum Gasteiger partial charge on any atom is -0.495 e. The van der Waals surface area contributed by atoms with E-state index in [9.17, 15) is 0 Å². The van der Waals surface area contributed by atoms with Crippen LogP contribution in [0.25, 0.3) is 11.3 Å². The Morgan fingerprint density at radius 3 is 2.48 bits per heavy atom. The Morgan fingerprint density at radius 2 is 1.90 bits per heavy atom. The molecule has 0 amide bonds. The molecule has 0 spiro atoms. The first-order valence-electron chi connectivity index (χ1n) is 6.47. The van der Waals surface area contributed by atoms with Gasteiger partial charge in [0.1, 0.15) is 26.9 Å². The molecule has 2 rings (SSSR count). The fraction of sp³-hybridized carbons (Fsp3) is 0.333. The van der Waals surface area contributed by atoms with E-state index in [-0.39, 0.29) is 0 Å². The highest BCUT2D eigenvalue weighted by Gasteiger charge is 2.19. The molecule has 0 saturated heterocycles. The topological polar surface area (TPSA) is 44.2 Å². The molecule has 1 aromatic heterocycles. The predicted octanol–water partition coefficient (Wildman–Crippen LogP) is 4.45. The molecule has 0 fully saturated rings. The van der Waals surface area contributed by atoms with Crippen molar-refractivity contribution in [3.05, 3.63) is 33.1 Å². The van der Waals surface area contributed by atoms with Crippen molar-refractivity contribution in [2.24, 2.45) is 0 Å². The van der Waals surface area contributed by atoms with Gasteiger partial charge < -0.3 is 9.47 Å². The lowest BCUT2D eigenvalue weighted by Gasteiger charge is -2.15. The SMILES string of the molecule is CCc1nc(Cl)c(C)c(-c2ccc(OC)c(Br)c2OC)n1. The third-order valence-corrected chi connectivity index (χ3v) is 4.31. The summed E-state index contributed by atoms with van der Waals surface area (Å²) < 4.78 is 11.5. The Balaban J connectivity index is 2.72. The van der Waals surface area contributed by atoms with Crippen LogP contribution >= 0.6 is 27.5 Å². The van der Waals surface area contributed by atoms with Gasteiger partial charge in [-0.1, -0.05) is 18.5 Å². The Kier molecular flexibility index (Phi) is 5.06. The van der Waals surface area contributed by atoms with Gasteiger partial charge in [0.05, 0.1) is 19.9 Å². The zero-order valence-corrected chi connectivity index (χ0v) is 14.7. The van der Waals surface area contributed by atoms with E-state index in [2.05, 4.69) is 25.9 Å². The highest BCUT2D eigenvalue weighted by Crippen LogP contribution is 2.42. The molecule has 6 heteroatoms. The van der Waals surface area contributed by atoms with Crippen LogP contribution in [-0.2, 0) is 6.42 Å². The van der Waals surface area contributed by atoms with Gasteiger partial charge in [-0.2, -0.15) is 0 Å². The fourth-order valence-corrected chi connectivity index (χ4v) is 2.89. The molecule has 4 nitrogen and oxygen atoms in total. The van der Waals surface area contributed by atoms with Gasteiger partial charge in [-0.3, -0.25) is 0 Å². The zero-order chi connectivity index (χ0) is 15.6. The van der Waals surface area contributed by atoms with Crippen LogP contribution in [0.15, 0.2) is 16.6 Å². The fourth-order valence-electron chi connectivity index (χ4n) is 2.03. The van der Waals surface area contributed by atoms with Crippen molar-refractivity contribution < 1.29 is 9.47 Å². The molecule has 112 valence electrons. The molecule has 0 N–H and O–H groups in total.